The van der Waals surface area contributed by atoms with Crippen LogP contribution >= 0.6 is 22.9 Å². The Labute approximate surface area is 375 Å². The number of anilines is 1. The minimum Gasteiger partial charge on any atom is -0.490 e. The molecule has 4 atom stereocenters. The highest BCUT2D eigenvalue weighted by molar-refractivity contribution is 7.15. The van der Waals surface area contributed by atoms with Crippen molar-refractivity contribution in [2.24, 2.45) is 16.8 Å². The van der Waals surface area contributed by atoms with E-state index < -0.39 is 0 Å². The van der Waals surface area contributed by atoms with Gasteiger partial charge in [0, 0.05) is 41.2 Å². The molecule has 15 heteroatoms. The van der Waals surface area contributed by atoms with Gasteiger partial charge in [0.05, 0.1) is 35.0 Å². The molecule has 4 aliphatic rings. The van der Waals surface area contributed by atoms with Crippen LogP contribution in [0, 0.1) is 43.9 Å². The third-order valence-electron chi connectivity index (χ3n) is 13.4. The number of aryl methyl sites for hydroxylation is 2. The smallest absolute Gasteiger partial charge is 0.272 e. The monoisotopic (exact) mass is 880 g/mol. The summed E-state index contributed by atoms with van der Waals surface area (Å²) in [5.74, 6) is 5.37. The van der Waals surface area contributed by atoms with E-state index in [9.17, 15) is 4.79 Å². The summed E-state index contributed by atoms with van der Waals surface area (Å²) < 4.78 is 14.0. The fourth-order valence-corrected chi connectivity index (χ4v) is 11.2. The zero-order valence-corrected chi connectivity index (χ0v) is 37.2. The zero-order valence-electron chi connectivity index (χ0n) is 35.6. The topological polar surface area (TPSA) is 160 Å². The summed E-state index contributed by atoms with van der Waals surface area (Å²) in [6.07, 6.45) is 11.8. The second kappa shape index (κ2) is 17.3. The number of hydrogen-bond acceptors (Lipinski definition) is 12. The normalized spacial score (nSPS) is 22.9. The van der Waals surface area contributed by atoms with Gasteiger partial charge < -0.3 is 19.4 Å². The van der Waals surface area contributed by atoms with Crippen LogP contribution in [0.5, 0.6) is 5.75 Å². The second-order valence-corrected chi connectivity index (χ2v) is 19.1. The molecule has 2 saturated carbocycles. The predicted octanol–water partition coefficient (Wildman–Crippen LogP) is 9.22. The largest absolute Gasteiger partial charge is 0.490 e. The molecule has 2 aromatic carbocycles. The summed E-state index contributed by atoms with van der Waals surface area (Å²) in [5, 5.41) is 31.8. The van der Waals surface area contributed by atoms with Gasteiger partial charge in [-0.05, 0) is 125 Å². The summed E-state index contributed by atoms with van der Waals surface area (Å²) in [7, 11) is 0. The Morgan fingerprint density at radius 2 is 1.86 bits per heavy atom. The van der Waals surface area contributed by atoms with Gasteiger partial charge in [0.25, 0.3) is 5.91 Å². The van der Waals surface area contributed by atoms with E-state index in [0.717, 1.165) is 84.5 Å². The van der Waals surface area contributed by atoms with Crippen LogP contribution in [0.3, 0.4) is 0 Å². The SMILES string of the molecule is Cc1sc2c(c1C)C(c1ccc(C3CC3CC3CCCN(c4ccc(C(=O)N[C@H]5CC[C@H](Oc6ccc(C#N)c(Cl)c6)CC5)nn4)C3)cc1)=N[C@@H](Cc1ncco1)c1nnc(C)n1-2. The van der Waals surface area contributed by atoms with Crippen LogP contribution in [0.2, 0.25) is 5.02 Å². The number of halogens is 1. The third kappa shape index (κ3) is 8.48. The number of ether oxygens (including phenoxy) is 1. The molecule has 6 heterocycles. The number of thiophene rings is 1. The van der Waals surface area contributed by atoms with E-state index in [2.05, 4.69) is 84.3 Å². The number of benzene rings is 2. The Morgan fingerprint density at radius 1 is 1.02 bits per heavy atom. The Bertz CT molecular complexity index is 2700. The number of hydrogen-bond donors (Lipinski definition) is 1. The van der Waals surface area contributed by atoms with Crippen molar-refractivity contribution in [3.63, 3.8) is 0 Å². The van der Waals surface area contributed by atoms with Crippen LogP contribution in [0.1, 0.15) is 124 Å². The third-order valence-corrected chi connectivity index (χ3v) is 14.9. The zero-order chi connectivity index (χ0) is 43.2. The van der Waals surface area contributed by atoms with Gasteiger partial charge in [-0.1, -0.05) is 35.9 Å². The van der Waals surface area contributed by atoms with E-state index >= 15 is 0 Å². The van der Waals surface area contributed by atoms with Crippen LogP contribution in [-0.4, -0.2) is 66.8 Å². The van der Waals surface area contributed by atoms with Gasteiger partial charge in [0.1, 0.15) is 34.9 Å². The molecule has 6 aromatic rings. The number of aliphatic imine (C=N–C) groups is 1. The number of rotatable bonds is 11. The number of nitriles is 1. The van der Waals surface area contributed by atoms with E-state index in [-0.39, 0.29) is 24.1 Å². The fourth-order valence-electron chi connectivity index (χ4n) is 9.79. The van der Waals surface area contributed by atoms with Gasteiger partial charge in [0.2, 0.25) is 0 Å². The maximum Gasteiger partial charge on any atom is 0.272 e. The van der Waals surface area contributed by atoms with Crippen molar-refractivity contribution in [2.45, 2.75) is 103 Å². The summed E-state index contributed by atoms with van der Waals surface area (Å²) in [6, 6.07) is 19.8. The molecule has 1 saturated heterocycles. The van der Waals surface area contributed by atoms with Crippen LogP contribution < -0.4 is 15.0 Å². The van der Waals surface area contributed by atoms with E-state index in [4.69, 9.17) is 31.0 Å². The highest BCUT2D eigenvalue weighted by atomic mass is 35.5. The Kier molecular flexibility index (Phi) is 11.3. The average molecular weight is 882 g/mol. The number of oxazole rings is 1. The molecule has 0 spiro atoms. The molecule has 3 unspecified atom stereocenters. The quantitative estimate of drug-likeness (QED) is 0.133. The second-order valence-electron chi connectivity index (χ2n) is 17.5. The molecule has 2 aliphatic carbocycles. The summed E-state index contributed by atoms with van der Waals surface area (Å²) in [4.78, 5) is 26.6. The molecule has 63 heavy (non-hydrogen) atoms. The van der Waals surface area contributed by atoms with Gasteiger partial charge >= 0.3 is 0 Å². The molecule has 1 N–H and O–H groups in total. The molecule has 4 aromatic heterocycles. The predicted molar refractivity (Wildman–Crippen MR) is 241 cm³/mol. The number of piperidine rings is 1. The summed E-state index contributed by atoms with van der Waals surface area (Å²) in [6.45, 7) is 8.25. The van der Waals surface area contributed by atoms with Crippen molar-refractivity contribution in [3.8, 4) is 16.8 Å². The van der Waals surface area contributed by atoms with E-state index in [1.165, 1.54) is 35.3 Å². The maximum atomic E-state index is 13.2. The highest BCUT2D eigenvalue weighted by Gasteiger charge is 2.41. The van der Waals surface area contributed by atoms with Gasteiger partial charge in [-0.15, -0.1) is 31.7 Å². The van der Waals surface area contributed by atoms with E-state index in [1.54, 1.807) is 48.1 Å². The van der Waals surface area contributed by atoms with Crippen molar-refractivity contribution in [1.82, 2.24) is 35.3 Å². The molecule has 0 radical (unpaired) electrons. The molecule has 322 valence electrons. The molecule has 2 aliphatic heterocycles. The molecule has 13 nitrogen and oxygen atoms in total. The van der Waals surface area contributed by atoms with E-state index in [0.29, 0.717) is 52.1 Å². The van der Waals surface area contributed by atoms with Gasteiger partial charge in [0.15, 0.2) is 23.2 Å². The number of aromatic nitrogens is 6. The van der Waals surface area contributed by atoms with Gasteiger partial charge in [-0.2, -0.15) is 5.26 Å². The van der Waals surface area contributed by atoms with Crippen LogP contribution in [-0.2, 0) is 6.42 Å². The molecule has 10 rings (SSSR count). The lowest BCUT2D eigenvalue weighted by atomic mass is 9.91. The number of carbonyl (C=O) groups is 1. The Hall–Kier alpha value is -5.91. The van der Waals surface area contributed by atoms with Crippen LogP contribution in [0.15, 0.2) is 76.5 Å². The van der Waals surface area contributed by atoms with Crippen molar-refractivity contribution in [2.75, 3.05) is 18.0 Å². The van der Waals surface area contributed by atoms with E-state index in [1.807, 2.05) is 13.0 Å². The lowest BCUT2D eigenvalue weighted by molar-refractivity contribution is 0.0888. The van der Waals surface area contributed by atoms with Gasteiger partial charge in [-0.3, -0.25) is 14.4 Å². The minimum atomic E-state index is -0.294. The van der Waals surface area contributed by atoms with Crippen molar-refractivity contribution in [1.29, 1.82) is 5.26 Å². The maximum absolute atomic E-state index is 13.2. The molecular weight excluding hydrogens is 832 g/mol. The number of nitrogens with zero attached hydrogens (tertiary/aromatic N) is 9. The fraction of sp³-hybridized carbons (Fsp3) is 0.417. The average Bonchev–Trinajstić information content (AvgIpc) is 3.53. The first kappa shape index (κ1) is 41.1. The summed E-state index contributed by atoms with van der Waals surface area (Å²) in [5.41, 5.74) is 6.61. The lowest BCUT2D eigenvalue weighted by Crippen LogP contribution is -2.40. The molecule has 0 bridgehead atoms. The Morgan fingerprint density at radius 3 is 2.60 bits per heavy atom. The first-order chi connectivity index (χ1) is 30.7. The molecule has 3 fully saturated rings. The number of fused-ring (bicyclic) bond motifs is 3. The Balaban J connectivity index is 0.739. The van der Waals surface area contributed by atoms with Crippen LogP contribution in [0.4, 0.5) is 5.82 Å². The van der Waals surface area contributed by atoms with Crippen molar-refractivity contribution in [3.05, 3.63) is 128 Å². The van der Waals surface area contributed by atoms with Crippen molar-refractivity contribution < 1.29 is 13.9 Å². The first-order valence-electron chi connectivity index (χ1n) is 22.0. The number of nitrogens with one attached hydrogen (secondary N) is 1. The van der Waals surface area contributed by atoms with Crippen LogP contribution in [0.25, 0.3) is 5.00 Å². The van der Waals surface area contributed by atoms with Crippen molar-refractivity contribution >= 4 is 40.4 Å². The first-order valence-corrected chi connectivity index (χ1v) is 23.2. The standard InChI is InChI=1S/C48H49ClN10O3S/c1-27-28(2)63-48-44(27)45(53-41(24-43-51-18-20-61-43)46-57-54-29(3)59(46)48)32-8-6-31(7-9-32)38-22-34(38)21-30-5-4-19-58(26-30)42-17-16-40(55-56-42)47(60)52-35-11-14-36(15-12-35)62-37-13-10-33(25-50)39(49)23-37/h6-10,13,16-18,20,23,30,34-36,38,41H,4-5,11-12,14-15,19,21-22,24,26H2,1-3H3,(H,52,60)/t30?,34?,35-,36-,38?,41-/m0/s1. The lowest BCUT2D eigenvalue weighted by Gasteiger charge is -2.33. The minimum absolute atomic E-state index is 0.0333. The van der Waals surface area contributed by atoms with Gasteiger partial charge in [-0.25, -0.2) is 4.98 Å². The summed E-state index contributed by atoms with van der Waals surface area (Å²) >= 11 is 7.95. The number of carbonyl (C=O) groups excluding carboxylic acids is 1. The number of amides is 1. The highest BCUT2D eigenvalue weighted by Crippen LogP contribution is 2.52. The molecular formula is C48H49ClN10O3S. The molecule has 1 amide bonds.